The number of ether oxygens (including phenoxy) is 2. The summed E-state index contributed by atoms with van der Waals surface area (Å²) in [5.41, 5.74) is 3.71. The van der Waals surface area contributed by atoms with Crippen LogP contribution in [0.4, 0.5) is 0 Å². The predicted molar refractivity (Wildman–Crippen MR) is 176 cm³/mol. The van der Waals surface area contributed by atoms with Crippen molar-refractivity contribution in [3.05, 3.63) is 133 Å². The summed E-state index contributed by atoms with van der Waals surface area (Å²) in [6.45, 7) is 3.51. The topological polar surface area (TPSA) is 51.1 Å². The minimum Gasteiger partial charge on any atom is -0.490 e. The van der Waals surface area contributed by atoms with Gasteiger partial charge >= 0.3 is 0 Å². The summed E-state index contributed by atoms with van der Waals surface area (Å²) >= 11 is 17.4. The van der Waals surface area contributed by atoms with Gasteiger partial charge in [-0.25, -0.2) is 0 Å². The van der Waals surface area contributed by atoms with E-state index in [1.54, 1.807) is 17.0 Å². The fourth-order valence-electron chi connectivity index (χ4n) is 4.29. The van der Waals surface area contributed by atoms with E-state index < -0.39 is 0 Å². The van der Waals surface area contributed by atoms with E-state index in [1.165, 1.54) is 11.8 Å². The minimum absolute atomic E-state index is 0.0950. The second-order valence-electron chi connectivity index (χ2n) is 9.36. The van der Waals surface area contributed by atoms with E-state index >= 15 is 0 Å². The lowest BCUT2D eigenvalue weighted by atomic mass is 10.1. The van der Waals surface area contributed by atoms with Crippen LogP contribution >= 0.6 is 50.9 Å². The molecule has 42 heavy (non-hydrogen) atoms. The molecule has 5 nitrogen and oxygen atoms in total. The fraction of sp³-hybridized carbons (Fsp3) is 0.152. The van der Waals surface area contributed by atoms with Gasteiger partial charge in [0.2, 0.25) is 0 Å². The molecule has 0 radical (unpaired) electrons. The van der Waals surface area contributed by atoms with Crippen LogP contribution in [-0.2, 0) is 24.5 Å². The van der Waals surface area contributed by atoms with Crippen molar-refractivity contribution >= 4 is 68.0 Å². The molecule has 0 saturated carbocycles. The Balaban J connectivity index is 1.42. The number of nitrogens with zero attached hydrogens (tertiary/aromatic N) is 2. The second-order valence-corrected chi connectivity index (χ2v) is 12.1. The van der Waals surface area contributed by atoms with Crippen molar-refractivity contribution in [2.45, 2.75) is 26.6 Å². The van der Waals surface area contributed by atoms with E-state index in [1.807, 2.05) is 91.9 Å². The number of benzene rings is 4. The Morgan fingerprint density at radius 3 is 2.33 bits per heavy atom. The third-order valence-corrected chi connectivity index (χ3v) is 8.55. The lowest BCUT2D eigenvalue weighted by molar-refractivity contribution is -0.122. The zero-order valence-electron chi connectivity index (χ0n) is 22.7. The van der Waals surface area contributed by atoms with Crippen molar-refractivity contribution in [1.29, 1.82) is 0 Å². The van der Waals surface area contributed by atoms with Gasteiger partial charge in [0.25, 0.3) is 5.91 Å². The molecule has 4 aromatic rings. The molecule has 0 atom stereocenters. The van der Waals surface area contributed by atoms with Gasteiger partial charge in [0.15, 0.2) is 16.7 Å². The zero-order valence-corrected chi connectivity index (χ0v) is 26.6. The number of thioether (sulfide) groups is 1. The van der Waals surface area contributed by atoms with Crippen LogP contribution in [0.2, 0.25) is 10.0 Å². The maximum Gasteiger partial charge on any atom is 0.267 e. The third kappa shape index (κ3) is 7.58. The molecule has 1 heterocycles. The maximum absolute atomic E-state index is 13.7. The highest BCUT2D eigenvalue weighted by Crippen LogP contribution is 2.40. The molecule has 214 valence electrons. The molecule has 0 aromatic heterocycles. The smallest absolute Gasteiger partial charge is 0.267 e. The van der Waals surface area contributed by atoms with E-state index in [0.717, 1.165) is 22.3 Å². The van der Waals surface area contributed by atoms with Crippen molar-refractivity contribution in [2.75, 3.05) is 6.61 Å². The van der Waals surface area contributed by atoms with E-state index in [-0.39, 0.29) is 12.5 Å². The molecule has 0 unspecified atom stereocenters. The van der Waals surface area contributed by atoms with Crippen molar-refractivity contribution in [1.82, 2.24) is 4.90 Å². The Hall–Kier alpha value is -3.23. The normalized spacial score (nSPS) is 15.0. The predicted octanol–water partition coefficient (Wildman–Crippen LogP) is 9.41. The molecule has 0 spiro atoms. The molecule has 1 fully saturated rings. The Morgan fingerprint density at radius 2 is 1.64 bits per heavy atom. The molecule has 1 saturated heterocycles. The molecule has 0 aliphatic carbocycles. The SMILES string of the molecule is CCOc1cc(/C=C2\SC(=NCc3ccccc3)N(Cc3ccccc3)C2=O)cc(Br)c1OCc1ccc(Cl)cc1Cl. The third-order valence-electron chi connectivity index (χ3n) is 6.33. The molecule has 1 aliphatic heterocycles. The van der Waals surface area contributed by atoms with Crippen LogP contribution in [-0.4, -0.2) is 22.6 Å². The van der Waals surface area contributed by atoms with Gasteiger partial charge in [-0.05, 0) is 81.6 Å². The molecular weight excluding hydrogens is 655 g/mol. The zero-order chi connectivity index (χ0) is 29.5. The summed E-state index contributed by atoms with van der Waals surface area (Å²) in [6.07, 6.45) is 1.86. The standard InChI is InChI=1S/C33H27BrCl2N2O3S/c1-2-40-29-16-24(15-27(34)31(29)41-21-25-13-14-26(35)18-28(25)36)17-30-32(39)38(20-23-11-7-4-8-12-23)33(42-30)37-19-22-9-5-3-6-10-22/h3-18H,2,19-21H2,1H3/b30-17-,37-33?. The maximum atomic E-state index is 13.7. The first-order valence-electron chi connectivity index (χ1n) is 13.3. The average Bonchev–Trinajstić information content (AvgIpc) is 3.27. The quantitative estimate of drug-likeness (QED) is 0.157. The van der Waals surface area contributed by atoms with E-state index in [4.69, 9.17) is 37.7 Å². The van der Waals surface area contributed by atoms with Crippen LogP contribution in [0.15, 0.2) is 105 Å². The van der Waals surface area contributed by atoms with Crippen LogP contribution in [0.25, 0.3) is 6.08 Å². The van der Waals surface area contributed by atoms with Crippen LogP contribution in [0.3, 0.4) is 0 Å². The summed E-state index contributed by atoms with van der Waals surface area (Å²) in [7, 11) is 0. The highest BCUT2D eigenvalue weighted by atomic mass is 79.9. The lowest BCUT2D eigenvalue weighted by Crippen LogP contribution is -2.28. The highest BCUT2D eigenvalue weighted by Gasteiger charge is 2.33. The number of hydrogen-bond donors (Lipinski definition) is 0. The Labute approximate surface area is 268 Å². The molecule has 4 aromatic carbocycles. The summed E-state index contributed by atoms with van der Waals surface area (Å²) < 4.78 is 12.8. The van der Waals surface area contributed by atoms with Crippen molar-refractivity contribution in [2.24, 2.45) is 4.99 Å². The first-order valence-corrected chi connectivity index (χ1v) is 15.6. The Morgan fingerprint density at radius 1 is 0.929 bits per heavy atom. The van der Waals surface area contributed by atoms with Gasteiger partial charge in [0.05, 0.1) is 29.1 Å². The lowest BCUT2D eigenvalue weighted by Gasteiger charge is -2.16. The molecule has 1 amide bonds. The van der Waals surface area contributed by atoms with Gasteiger partial charge < -0.3 is 9.47 Å². The second kappa shape index (κ2) is 14.3. The van der Waals surface area contributed by atoms with Gasteiger partial charge in [-0.2, -0.15) is 0 Å². The minimum atomic E-state index is -0.0950. The van der Waals surface area contributed by atoms with Crippen LogP contribution in [0.5, 0.6) is 11.5 Å². The number of halogens is 3. The molecule has 0 N–H and O–H groups in total. The van der Waals surface area contributed by atoms with Crippen LogP contribution in [0.1, 0.15) is 29.2 Å². The first-order chi connectivity index (χ1) is 20.4. The van der Waals surface area contributed by atoms with Gasteiger partial charge in [0, 0.05) is 15.6 Å². The Kier molecular flexibility index (Phi) is 10.3. The van der Waals surface area contributed by atoms with Crippen molar-refractivity contribution in [3.8, 4) is 11.5 Å². The van der Waals surface area contributed by atoms with Crippen molar-refractivity contribution in [3.63, 3.8) is 0 Å². The van der Waals surface area contributed by atoms with Gasteiger partial charge in [-0.3, -0.25) is 14.7 Å². The average molecular weight is 682 g/mol. The number of amidine groups is 1. The number of aliphatic imine (C=N–C) groups is 1. The number of rotatable bonds is 10. The van der Waals surface area contributed by atoms with Crippen molar-refractivity contribution < 1.29 is 14.3 Å². The molecular formula is C33H27BrCl2N2O3S. The van der Waals surface area contributed by atoms with Gasteiger partial charge in [0.1, 0.15) is 6.61 Å². The van der Waals surface area contributed by atoms with Crippen LogP contribution < -0.4 is 9.47 Å². The summed E-state index contributed by atoms with van der Waals surface area (Å²) in [5.74, 6) is 1.01. The largest absolute Gasteiger partial charge is 0.490 e. The Bertz CT molecular complexity index is 1630. The number of carbonyl (C=O) groups is 1. The number of hydrogen-bond acceptors (Lipinski definition) is 5. The molecule has 9 heteroatoms. The number of carbonyl (C=O) groups excluding carboxylic acids is 1. The van der Waals surface area contributed by atoms with Gasteiger partial charge in [-0.15, -0.1) is 0 Å². The number of amides is 1. The molecule has 5 rings (SSSR count). The monoisotopic (exact) mass is 680 g/mol. The summed E-state index contributed by atoms with van der Waals surface area (Å²) in [5, 5.41) is 1.76. The summed E-state index contributed by atoms with van der Waals surface area (Å²) in [4.78, 5) is 20.8. The van der Waals surface area contributed by atoms with Crippen LogP contribution in [0, 0.1) is 0 Å². The molecule has 0 bridgehead atoms. The van der Waals surface area contributed by atoms with Gasteiger partial charge in [-0.1, -0.05) is 89.9 Å². The molecule has 1 aliphatic rings. The highest BCUT2D eigenvalue weighted by molar-refractivity contribution is 9.10. The summed E-state index contributed by atoms with van der Waals surface area (Å²) in [6, 6.07) is 29.0. The first kappa shape index (κ1) is 30.2. The fourth-order valence-corrected chi connectivity index (χ4v) is 6.30. The van der Waals surface area contributed by atoms with E-state index in [2.05, 4.69) is 15.9 Å². The van der Waals surface area contributed by atoms with E-state index in [9.17, 15) is 4.79 Å². The van der Waals surface area contributed by atoms with E-state index in [0.29, 0.717) is 55.8 Å².